The Morgan fingerprint density at radius 2 is 2.03 bits per heavy atom. The van der Waals surface area contributed by atoms with E-state index >= 15 is 0 Å². The van der Waals surface area contributed by atoms with Crippen LogP contribution in [0.3, 0.4) is 0 Å². The molecule has 0 aromatic carbocycles. The normalized spacial score (nSPS) is 19.8. The quantitative estimate of drug-likeness (QED) is 0.458. The number of halogens is 3. The van der Waals surface area contributed by atoms with Gasteiger partial charge in [0, 0.05) is 45.6 Å². The number of aromatic amines is 1. The minimum atomic E-state index is -4.87. The van der Waals surface area contributed by atoms with Crippen molar-refractivity contribution in [3.8, 4) is 6.07 Å². The number of thiazole rings is 1. The smallest absolute Gasteiger partial charge is 0.368 e. The maximum atomic E-state index is 13.3. The van der Waals surface area contributed by atoms with Crippen LogP contribution in [0.15, 0.2) is 17.2 Å². The monoisotopic (exact) mass is 541 g/mol. The number of alkyl halides is 3. The van der Waals surface area contributed by atoms with Crippen LogP contribution >= 0.6 is 11.3 Å². The van der Waals surface area contributed by atoms with Crippen molar-refractivity contribution in [2.45, 2.75) is 50.2 Å². The predicted molar refractivity (Wildman–Crippen MR) is 127 cm³/mol. The summed E-state index contributed by atoms with van der Waals surface area (Å²) in [6.07, 6.45) is -1.73. The SMILES string of the molecule is CO[C@@H](CCO[C@@H]1CCN(C2CCN(c3ncc(C#N)s3)CC2)C1=O)Nc1cn[nH]c(=O)c1C(F)(F)F. The van der Waals surface area contributed by atoms with Crippen LogP contribution in [-0.2, 0) is 20.4 Å². The van der Waals surface area contributed by atoms with Crippen LogP contribution in [0.2, 0.25) is 0 Å². The molecule has 200 valence electrons. The van der Waals surface area contributed by atoms with Crippen LogP contribution < -0.4 is 15.8 Å². The summed E-state index contributed by atoms with van der Waals surface area (Å²) in [6.45, 7) is 2.11. The van der Waals surface area contributed by atoms with Crippen LogP contribution in [0, 0.1) is 11.3 Å². The number of nitrogens with one attached hydrogen (secondary N) is 2. The third kappa shape index (κ3) is 6.20. The molecule has 2 aromatic rings. The van der Waals surface area contributed by atoms with Crippen LogP contribution in [0.25, 0.3) is 0 Å². The van der Waals surface area contributed by atoms with Crippen LogP contribution in [0.5, 0.6) is 0 Å². The minimum absolute atomic E-state index is 0.0669. The van der Waals surface area contributed by atoms with Gasteiger partial charge in [-0.05, 0) is 12.8 Å². The van der Waals surface area contributed by atoms with Gasteiger partial charge in [0.05, 0.1) is 24.7 Å². The van der Waals surface area contributed by atoms with Crippen LogP contribution in [0.4, 0.5) is 24.0 Å². The predicted octanol–water partition coefficient (Wildman–Crippen LogP) is 2.18. The highest BCUT2D eigenvalue weighted by Crippen LogP contribution is 2.32. The highest BCUT2D eigenvalue weighted by atomic mass is 32.1. The largest absolute Gasteiger partial charge is 0.423 e. The maximum absolute atomic E-state index is 13.3. The average molecular weight is 542 g/mol. The standard InChI is InChI=1S/C22H26F3N7O4S/c1-35-17(29-15-12-28-30-19(33)18(15)22(23,24)25)5-9-36-16-4-8-32(20(16)34)13-2-6-31(7-3-13)21-27-11-14(10-26)37-21/h11-13,16-17H,2-9H2,1H3,(H2,29,30,33)/t16-,17+/m1/s1. The fourth-order valence-electron chi connectivity index (χ4n) is 4.55. The number of carbonyl (C=O) groups excluding carboxylic acids is 1. The number of nitriles is 1. The molecule has 0 saturated carbocycles. The molecule has 2 atom stereocenters. The molecular formula is C22H26F3N7O4S. The van der Waals surface area contributed by atoms with Crippen molar-refractivity contribution in [1.29, 1.82) is 5.26 Å². The van der Waals surface area contributed by atoms with Crippen LogP contribution in [-0.4, -0.2) is 77.7 Å². The molecule has 15 heteroatoms. The van der Waals surface area contributed by atoms with Gasteiger partial charge in [-0.1, -0.05) is 11.3 Å². The highest BCUT2D eigenvalue weighted by Gasteiger charge is 2.39. The van der Waals surface area contributed by atoms with E-state index in [1.807, 2.05) is 4.90 Å². The first-order valence-electron chi connectivity index (χ1n) is 11.7. The van der Waals surface area contributed by atoms with Gasteiger partial charge in [0.25, 0.3) is 11.5 Å². The summed E-state index contributed by atoms with van der Waals surface area (Å²) in [6, 6.07) is 2.18. The summed E-state index contributed by atoms with van der Waals surface area (Å²) in [5, 5.41) is 17.5. The highest BCUT2D eigenvalue weighted by molar-refractivity contribution is 7.16. The first kappa shape index (κ1) is 26.8. The van der Waals surface area contributed by atoms with E-state index in [1.165, 1.54) is 18.4 Å². The molecule has 2 aliphatic heterocycles. The zero-order valence-corrected chi connectivity index (χ0v) is 20.8. The fraction of sp³-hybridized carbons (Fsp3) is 0.591. The lowest BCUT2D eigenvalue weighted by atomic mass is 10.0. The number of amides is 1. The van der Waals surface area contributed by atoms with Gasteiger partial charge in [-0.3, -0.25) is 9.59 Å². The van der Waals surface area contributed by atoms with Gasteiger partial charge < -0.3 is 24.6 Å². The number of ether oxygens (including phenoxy) is 2. The number of likely N-dealkylation sites (tertiary alicyclic amines) is 1. The zero-order valence-electron chi connectivity index (χ0n) is 20.0. The Morgan fingerprint density at radius 1 is 1.27 bits per heavy atom. The second kappa shape index (κ2) is 11.4. The molecule has 2 saturated heterocycles. The van der Waals surface area contributed by atoms with E-state index in [-0.39, 0.29) is 25.0 Å². The van der Waals surface area contributed by atoms with Crippen molar-refractivity contribution in [2.24, 2.45) is 0 Å². The molecular weight excluding hydrogens is 515 g/mol. The lowest BCUT2D eigenvalue weighted by Crippen LogP contribution is -2.46. The van der Waals surface area contributed by atoms with Crippen molar-refractivity contribution >= 4 is 28.1 Å². The van der Waals surface area contributed by atoms with Gasteiger partial charge >= 0.3 is 6.18 Å². The Hall–Kier alpha value is -3.22. The molecule has 2 aliphatic rings. The number of H-pyrrole nitrogens is 1. The molecule has 2 N–H and O–H groups in total. The lowest BCUT2D eigenvalue weighted by molar-refractivity contribution is -0.140. The molecule has 37 heavy (non-hydrogen) atoms. The first-order chi connectivity index (χ1) is 17.7. The molecule has 11 nitrogen and oxygen atoms in total. The van der Waals surface area contributed by atoms with E-state index in [2.05, 4.69) is 26.4 Å². The van der Waals surface area contributed by atoms with E-state index in [9.17, 15) is 22.8 Å². The Bertz CT molecular complexity index is 1190. The summed E-state index contributed by atoms with van der Waals surface area (Å²) in [4.78, 5) is 33.4. The summed E-state index contributed by atoms with van der Waals surface area (Å²) in [7, 11) is 1.31. The second-order valence-corrected chi connectivity index (χ2v) is 9.67. The Balaban J connectivity index is 1.25. The number of carbonyl (C=O) groups is 1. The molecule has 0 bridgehead atoms. The molecule has 4 rings (SSSR count). The second-order valence-electron chi connectivity index (χ2n) is 8.66. The Morgan fingerprint density at radius 3 is 2.68 bits per heavy atom. The van der Waals surface area contributed by atoms with E-state index < -0.39 is 35.3 Å². The number of methoxy groups -OCH3 is 1. The average Bonchev–Trinajstić information content (AvgIpc) is 3.50. The number of aromatic nitrogens is 3. The molecule has 0 spiro atoms. The number of hydrogen-bond acceptors (Lipinski definition) is 10. The minimum Gasteiger partial charge on any atom is -0.368 e. The van der Waals surface area contributed by atoms with Gasteiger partial charge in [-0.15, -0.1) is 0 Å². The fourth-order valence-corrected chi connectivity index (χ4v) is 5.32. The molecule has 1 amide bonds. The Kier molecular flexibility index (Phi) is 8.30. The molecule has 4 heterocycles. The number of rotatable bonds is 9. The van der Waals surface area contributed by atoms with E-state index in [4.69, 9.17) is 14.7 Å². The first-order valence-corrected chi connectivity index (χ1v) is 12.5. The van der Waals surface area contributed by atoms with Crippen molar-refractivity contribution in [3.63, 3.8) is 0 Å². The number of hydrogen-bond donors (Lipinski definition) is 2. The Labute approximate surface area is 214 Å². The van der Waals surface area contributed by atoms with Gasteiger partial charge in [0.1, 0.15) is 28.8 Å². The van der Waals surface area contributed by atoms with Crippen molar-refractivity contribution < 1.29 is 27.4 Å². The van der Waals surface area contributed by atoms with Crippen molar-refractivity contribution in [2.75, 3.05) is 43.6 Å². The lowest BCUT2D eigenvalue weighted by Gasteiger charge is -2.36. The van der Waals surface area contributed by atoms with Crippen molar-refractivity contribution in [1.82, 2.24) is 20.1 Å². The van der Waals surface area contributed by atoms with Gasteiger partial charge in [0.15, 0.2) is 5.13 Å². The molecule has 0 radical (unpaired) electrons. The third-order valence-corrected chi connectivity index (χ3v) is 7.37. The maximum Gasteiger partial charge on any atom is 0.423 e. The molecule has 0 aliphatic carbocycles. The zero-order chi connectivity index (χ0) is 26.6. The van der Waals surface area contributed by atoms with Gasteiger partial charge in [0.2, 0.25) is 0 Å². The number of piperidine rings is 1. The third-order valence-electron chi connectivity index (χ3n) is 6.41. The summed E-state index contributed by atoms with van der Waals surface area (Å²) >= 11 is 1.35. The summed E-state index contributed by atoms with van der Waals surface area (Å²) < 4.78 is 50.8. The van der Waals surface area contributed by atoms with Gasteiger partial charge in [-0.25, -0.2) is 10.1 Å². The number of anilines is 2. The summed E-state index contributed by atoms with van der Waals surface area (Å²) in [5.41, 5.74) is -3.25. The molecule has 2 fully saturated rings. The van der Waals surface area contributed by atoms with E-state index in [0.29, 0.717) is 17.8 Å². The van der Waals surface area contributed by atoms with E-state index in [0.717, 1.165) is 37.3 Å². The van der Waals surface area contributed by atoms with Crippen molar-refractivity contribution in [3.05, 3.63) is 33.2 Å². The van der Waals surface area contributed by atoms with Crippen LogP contribution in [0.1, 0.15) is 36.1 Å². The molecule has 2 aromatic heterocycles. The van der Waals surface area contributed by atoms with Gasteiger partial charge in [-0.2, -0.15) is 23.5 Å². The summed E-state index contributed by atoms with van der Waals surface area (Å²) in [5.74, 6) is -0.0976. The topological polar surface area (TPSA) is 136 Å². The number of nitrogens with zero attached hydrogens (tertiary/aromatic N) is 5. The van der Waals surface area contributed by atoms with E-state index in [1.54, 1.807) is 11.3 Å². The molecule has 0 unspecified atom stereocenters.